The number of hydrogen-bond acceptors (Lipinski definition) is 8. The van der Waals surface area contributed by atoms with Crippen LogP contribution in [-0.4, -0.2) is 68.5 Å². The maximum atomic E-state index is 10.2. The van der Waals surface area contributed by atoms with Gasteiger partial charge in [-0.15, -0.1) is 10.1 Å². The second-order valence-corrected chi connectivity index (χ2v) is 5.95. The van der Waals surface area contributed by atoms with Crippen molar-refractivity contribution < 1.29 is 19.4 Å². The Morgan fingerprint density at radius 1 is 1.15 bits per heavy atom. The maximum absolute atomic E-state index is 10.2. The van der Waals surface area contributed by atoms with Crippen LogP contribution in [0.3, 0.4) is 0 Å². The largest absolute Gasteiger partial charge is 0.493 e. The van der Waals surface area contributed by atoms with Gasteiger partial charge in [0.25, 0.3) is 5.09 Å². The molecule has 1 aliphatic heterocycles. The van der Waals surface area contributed by atoms with Gasteiger partial charge in [0.1, 0.15) is 12.4 Å². The Labute approximate surface area is 151 Å². The molecule has 0 aliphatic carbocycles. The van der Waals surface area contributed by atoms with Crippen molar-refractivity contribution in [3.63, 3.8) is 0 Å². The van der Waals surface area contributed by atoms with Crippen molar-refractivity contribution in [3.8, 4) is 11.5 Å². The molecule has 0 spiro atoms. The summed E-state index contributed by atoms with van der Waals surface area (Å²) in [4.78, 5) is 23.6. The molecule has 1 aliphatic rings. The van der Waals surface area contributed by atoms with E-state index in [-0.39, 0.29) is 6.61 Å². The number of rotatable bonds is 7. The van der Waals surface area contributed by atoms with Crippen molar-refractivity contribution >= 4 is 16.6 Å². The van der Waals surface area contributed by atoms with E-state index in [0.717, 1.165) is 42.8 Å². The number of nitrogens with zero attached hydrogens (tertiary/aromatic N) is 4. The monoisotopic (exact) mass is 362 g/mol. The summed E-state index contributed by atoms with van der Waals surface area (Å²) in [6.07, 6.45) is 1.79. The summed E-state index contributed by atoms with van der Waals surface area (Å²) in [5, 5.41) is 11.5. The minimum absolute atomic E-state index is 0.0938. The maximum Gasteiger partial charge on any atom is 0.294 e. The Bertz CT molecular complexity index is 777. The summed E-state index contributed by atoms with van der Waals surface area (Å²) in [5.74, 6) is 2.27. The number of benzene rings is 1. The van der Waals surface area contributed by atoms with Gasteiger partial charge in [0.15, 0.2) is 11.5 Å². The third kappa shape index (κ3) is 3.88. The van der Waals surface area contributed by atoms with Crippen molar-refractivity contribution in [2.45, 2.75) is 0 Å². The first kappa shape index (κ1) is 18.0. The van der Waals surface area contributed by atoms with Crippen LogP contribution >= 0.6 is 0 Å². The highest BCUT2D eigenvalue weighted by atomic mass is 16.9. The van der Waals surface area contributed by atoms with E-state index in [4.69, 9.17) is 9.47 Å². The summed E-state index contributed by atoms with van der Waals surface area (Å²) in [7, 11) is 3.24. The Morgan fingerprint density at radius 3 is 2.50 bits per heavy atom. The van der Waals surface area contributed by atoms with E-state index in [1.807, 2.05) is 18.2 Å². The molecule has 0 unspecified atom stereocenters. The highest BCUT2D eigenvalue weighted by Crippen LogP contribution is 2.35. The van der Waals surface area contributed by atoms with Crippen molar-refractivity contribution in [2.75, 3.05) is 58.5 Å². The van der Waals surface area contributed by atoms with Gasteiger partial charge in [-0.1, -0.05) is 0 Å². The zero-order chi connectivity index (χ0) is 18.5. The molecule has 0 bridgehead atoms. The fraction of sp³-hybridized carbons (Fsp3) is 0.471. The first-order valence-electron chi connectivity index (χ1n) is 8.37. The summed E-state index contributed by atoms with van der Waals surface area (Å²) < 4.78 is 10.8. The molecule has 1 saturated heterocycles. The van der Waals surface area contributed by atoms with Crippen LogP contribution in [0.2, 0.25) is 0 Å². The number of anilines is 1. The second kappa shape index (κ2) is 8.05. The Hall–Kier alpha value is -2.81. The molecule has 1 fully saturated rings. The van der Waals surface area contributed by atoms with Crippen LogP contribution < -0.4 is 14.4 Å². The van der Waals surface area contributed by atoms with E-state index in [0.29, 0.717) is 18.0 Å². The number of ether oxygens (including phenoxy) is 2. The predicted molar refractivity (Wildman–Crippen MR) is 96.4 cm³/mol. The second-order valence-electron chi connectivity index (χ2n) is 5.95. The number of pyridine rings is 1. The van der Waals surface area contributed by atoms with Crippen molar-refractivity contribution in [2.24, 2.45) is 0 Å². The lowest BCUT2D eigenvalue weighted by atomic mass is 10.1. The fourth-order valence-corrected chi connectivity index (χ4v) is 3.16. The minimum Gasteiger partial charge on any atom is -0.493 e. The van der Waals surface area contributed by atoms with E-state index in [9.17, 15) is 10.1 Å². The van der Waals surface area contributed by atoms with E-state index < -0.39 is 5.09 Å². The van der Waals surface area contributed by atoms with Crippen LogP contribution in [0.25, 0.3) is 10.8 Å². The molecule has 9 heteroatoms. The van der Waals surface area contributed by atoms with Gasteiger partial charge in [-0.25, -0.2) is 4.98 Å². The van der Waals surface area contributed by atoms with Crippen molar-refractivity contribution in [1.82, 2.24) is 9.88 Å². The molecule has 1 aromatic carbocycles. The standard InChI is InChI=1S/C17H22N4O5/c1-24-15-11-13-3-4-18-17(14(13)12-16(15)25-2)20-7-5-19(6-8-20)9-10-26-21(22)23/h3-4,11-12H,5-10H2,1-2H3. The number of aromatic nitrogens is 1. The predicted octanol–water partition coefficient (Wildman–Crippen LogP) is 1.58. The van der Waals surface area contributed by atoms with Gasteiger partial charge in [-0.05, 0) is 23.6 Å². The topological polar surface area (TPSA) is 90.2 Å². The van der Waals surface area contributed by atoms with Crippen LogP contribution in [0.15, 0.2) is 24.4 Å². The van der Waals surface area contributed by atoms with E-state index in [1.54, 1.807) is 20.4 Å². The summed E-state index contributed by atoms with van der Waals surface area (Å²) in [6, 6.07) is 5.85. The van der Waals surface area contributed by atoms with Crippen LogP contribution in [0.5, 0.6) is 11.5 Å². The quantitative estimate of drug-likeness (QED) is 0.542. The summed E-state index contributed by atoms with van der Waals surface area (Å²) in [6.45, 7) is 3.82. The van der Waals surface area contributed by atoms with Gasteiger partial charge in [0.2, 0.25) is 0 Å². The number of piperazine rings is 1. The molecule has 0 radical (unpaired) electrons. The van der Waals surface area contributed by atoms with E-state index in [2.05, 4.69) is 19.6 Å². The lowest BCUT2D eigenvalue weighted by Gasteiger charge is -2.35. The molecule has 26 heavy (non-hydrogen) atoms. The summed E-state index contributed by atoms with van der Waals surface area (Å²) in [5.41, 5.74) is 0. The molecule has 1 aromatic heterocycles. The average molecular weight is 362 g/mol. The van der Waals surface area contributed by atoms with Crippen molar-refractivity contribution in [3.05, 3.63) is 34.5 Å². The Kier molecular flexibility index (Phi) is 5.57. The van der Waals surface area contributed by atoms with Gasteiger partial charge in [0.05, 0.1) is 14.2 Å². The van der Waals surface area contributed by atoms with Crippen LogP contribution in [0, 0.1) is 10.1 Å². The lowest BCUT2D eigenvalue weighted by Crippen LogP contribution is -2.47. The molecule has 0 N–H and O–H groups in total. The van der Waals surface area contributed by atoms with Crippen molar-refractivity contribution in [1.29, 1.82) is 0 Å². The number of methoxy groups -OCH3 is 2. The average Bonchev–Trinajstić information content (AvgIpc) is 2.66. The molecule has 9 nitrogen and oxygen atoms in total. The third-order valence-electron chi connectivity index (χ3n) is 4.52. The zero-order valence-corrected chi connectivity index (χ0v) is 14.9. The van der Waals surface area contributed by atoms with E-state index >= 15 is 0 Å². The Balaban J connectivity index is 1.74. The number of fused-ring (bicyclic) bond motifs is 1. The van der Waals surface area contributed by atoms with Crippen LogP contribution in [-0.2, 0) is 4.84 Å². The Morgan fingerprint density at radius 2 is 1.85 bits per heavy atom. The van der Waals surface area contributed by atoms with Gasteiger partial charge < -0.3 is 19.2 Å². The third-order valence-corrected chi connectivity index (χ3v) is 4.52. The normalized spacial score (nSPS) is 15.1. The lowest BCUT2D eigenvalue weighted by molar-refractivity contribution is -0.757. The summed E-state index contributed by atoms with van der Waals surface area (Å²) >= 11 is 0. The van der Waals surface area contributed by atoms with Gasteiger partial charge in [-0.2, -0.15) is 0 Å². The molecule has 2 heterocycles. The highest BCUT2D eigenvalue weighted by Gasteiger charge is 2.20. The van der Waals surface area contributed by atoms with Crippen LogP contribution in [0.1, 0.15) is 0 Å². The SMILES string of the molecule is COc1cc2ccnc(N3CCN(CCO[N+](=O)[O-])CC3)c2cc1OC. The highest BCUT2D eigenvalue weighted by molar-refractivity contribution is 5.94. The molecule has 0 amide bonds. The number of hydrogen-bond donors (Lipinski definition) is 0. The molecule has 0 atom stereocenters. The molecule has 2 aromatic rings. The minimum atomic E-state index is -0.752. The van der Waals surface area contributed by atoms with Gasteiger partial charge in [0, 0.05) is 44.3 Å². The molecule has 140 valence electrons. The molecular weight excluding hydrogens is 340 g/mol. The first-order valence-corrected chi connectivity index (χ1v) is 8.37. The molecule has 0 saturated carbocycles. The van der Waals surface area contributed by atoms with Gasteiger partial charge >= 0.3 is 0 Å². The smallest absolute Gasteiger partial charge is 0.294 e. The fourth-order valence-electron chi connectivity index (χ4n) is 3.16. The van der Waals surface area contributed by atoms with Gasteiger partial charge in [-0.3, -0.25) is 4.90 Å². The van der Waals surface area contributed by atoms with E-state index in [1.165, 1.54) is 0 Å². The first-order chi connectivity index (χ1) is 12.6. The zero-order valence-electron chi connectivity index (χ0n) is 14.9. The molecule has 3 rings (SSSR count). The molecular formula is C17H22N4O5. The van der Waals surface area contributed by atoms with Crippen LogP contribution in [0.4, 0.5) is 5.82 Å².